The number of amides is 2. The number of nitrogens with zero attached hydrogens (tertiary/aromatic N) is 5. The summed E-state index contributed by atoms with van der Waals surface area (Å²) >= 11 is 5.70. The van der Waals surface area contributed by atoms with Crippen LogP contribution in [0.5, 0.6) is 5.75 Å². The van der Waals surface area contributed by atoms with E-state index in [4.69, 9.17) is 19.3 Å². The number of β-lactam (4-membered cyclic amide) rings is 1. The topological polar surface area (TPSA) is 157 Å². The molecule has 2 unspecified atom stereocenters. The van der Waals surface area contributed by atoms with Crippen molar-refractivity contribution in [3.63, 3.8) is 0 Å². The fourth-order valence-corrected chi connectivity index (χ4v) is 12.4. The van der Waals surface area contributed by atoms with E-state index >= 15 is 0 Å². The molecule has 64 heavy (non-hydrogen) atoms. The van der Waals surface area contributed by atoms with Gasteiger partial charge < -0.3 is 29.8 Å². The summed E-state index contributed by atoms with van der Waals surface area (Å²) in [6, 6.07) is 40.7. The highest BCUT2D eigenvalue weighted by Crippen LogP contribution is 2.46. The van der Waals surface area contributed by atoms with Gasteiger partial charge in [-0.05, 0) is 46.5 Å². The molecule has 3 aromatic heterocycles. The molecule has 7 aromatic rings. The second-order valence-corrected chi connectivity index (χ2v) is 19.3. The summed E-state index contributed by atoms with van der Waals surface area (Å²) < 4.78 is 12.9. The normalized spacial score (nSPS) is 18.4. The highest BCUT2D eigenvalue weighted by atomic mass is 32.2. The van der Waals surface area contributed by atoms with Gasteiger partial charge in [-0.25, -0.2) is 15.0 Å². The Bertz CT molecular complexity index is 2660. The van der Waals surface area contributed by atoms with Crippen molar-refractivity contribution < 1.29 is 28.7 Å². The molecular formula is C47H41N7O6S4. The summed E-state index contributed by atoms with van der Waals surface area (Å²) in [5, 5.41) is 12.6. The number of rotatable bonds is 16. The van der Waals surface area contributed by atoms with Crippen LogP contribution >= 0.6 is 46.2 Å². The van der Waals surface area contributed by atoms with Gasteiger partial charge in [0, 0.05) is 29.6 Å². The zero-order chi connectivity index (χ0) is 44.1. The first-order chi connectivity index (χ1) is 31.3. The Morgan fingerprint density at radius 2 is 1.56 bits per heavy atom. The maximum absolute atomic E-state index is 14.1. The lowest BCUT2D eigenvalue weighted by molar-refractivity contribution is -0.162. The highest BCUT2D eigenvalue weighted by Gasteiger charge is 2.58. The number of thioether (sulfide) groups is 2. The van der Waals surface area contributed by atoms with Crippen LogP contribution in [0, 0.1) is 5.41 Å². The molecule has 2 fully saturated rings. The van der Waals surface area contributed by atoms with Crippen LogP contribution in [0.1, 0.15) is 27.9 Å². The van der Waals surface area contributed by atoms with Gasteiger partial charge in [-0.1, -0.05) is 120 Å². The maximum atomic E-state index is 14.1. The third kappa shape index (κ3) is 8.55. The van der Waals surface area contributed by atoms with Gasteiger partial charge in [0.2, 0.25) is 5.91 Å². The van der Waals surface area contributed by atoms with E-state index in [0.717, 1.165) is 31.3 Å². The molecule has 0 aliphatic carbocycles. The van der Waals surface area contributed by atoms with Gasteiger partial charge in [-0.3, -0.25) is 14.4 Å². The number of aromatic nitrogens is 3. The Labute approximate surface area is 385 Å². The minimum Gasteiger partial charge on any atom is -0.497 e. The van der Waals surface area contributed by atoms with E-state index in [-0.39, 0.29) is 30.5 Å². The number of anilines is 1. The lowest BCUT2D eigenvalue weighted by Gasteiger charge is -2.54. The Kier molecular flexibility index (Phi) is 12.7. The molecule has 0 saturated carbocycles. The minimum atomic E-state index is -1.06. The standard InChI is InChI=1S/C47H41N7O6S4/c1-58-34-22-20-30(21-23-34)25-60-43(57)46(29-63-45-51-39-36(64-45)19-12-24-48-39)27-54-41(56)38(42(54)62-28-46)50-40(55)37(53-59-2)35-26-61-44(49-35)52-47(31-13-6-3-7-14-31,32-15-8-4-9-16-32)33-17-10-5-11-18-33/h3-24,26,38,42H,25,27-29H2,1-2H3,(H,49,52)(H,50,55)/t38?,42-,46?/m1/s1. The van der Waals surface area contributed by atoms with E-state index in [1.165, 1.54) is 53.3 Å². The van der Waals surface area contributed by atoms with E-state index in [9.17, 15) is 14.4 Å². The van der Waals surface area contributed by atoms with Gasteiger partial charge in [0.05, 0.1) is 11.8 Å². The summed E-state index contributed by atoms with van der Waals surface area (Å²) in [5.41, 5.74) is 2.71. The number of oxime groups is 1. The molecule has 17 heteroatoms. The van der Waals surface area contributed by atoms with Crippen LogP contribution in [0.4, 0.5) is 5.13 Å². The second kappa shape index (κ2) is 18.8. The van der Waals surface area contributed by atoms with Crippen molar-refractivity contribution in [1.82, 2.24) is 25.2 Å². The first kappa shape index (κ1) is 43.0. The van der Waals surface area contributed by atoms with Gasteiger partial charge in [0.15, 0.2) is 20.8 Å². The maximum Gasteiger partial charge on any atom is 0.315 e. The molecule has 324 valence electrons. The number of hydrogen-bond acceptors (Lipinski definition) is 15. The summed E-state index contributed by atoms with van der Waals surface area (Å²) in [6.07, 6.45) is 1.70. The average molecular weight is 928 g/mol. The third-order valence-electron chi connectivity index (χ3n) is 11.1. The molecule has 13 nitrogen and oxygen atoms in total. The van der Waals surface area contributed by atoms with Crippen LogP contribution in [0.15, 0.2) is 148 Å². The fraction of sp³-hybridized carbons (Fsp3) is 0.213. The second-order valence-electron chi connectivity index (χ2n) is 15.1. The lowest BCUT2D eigenvalue weighted by Crippen LogP contribution is -2.74. The molecule has 4 aromatic carbocycles. The first-order valence-corrected chi connectivity index (χ1v) is 23.9. The van der Waals surface area contributed by atoms with Gasteiger partial charge in [0.25, 0.3) is 5.91 Å². The first-order valence-electron chi connectivity index (χ1n) is 20.2. The Morgan fingerprint density at radius 1 is 0.891 bits per heavy atom. The molecule has 5 heterocycles. The Morgan fingerprint density at radius 3 is 2.19 bits per heavy atom. The van der Waals surface area contributed by atoms with Crippen molar-refractivity contribution in [2.75, 3.05) is 37.6 Å². The summed E-state index contributed by atoms with van der Waals surface area (Å²) in [6.45, 7) is 0.168. The monoisotopic (exact) mass is 927 g/mol. The van der Waals surface area contributed by atoms with Crippen molar-refractivity contribution in [2.24, 2.45) is 10.6 Å². The van der Waals surface area contributed by atoms with E-state index < -0.39 is 34.2 Å². The van der Waals surface area contributed by atoms with Crippen molar-refractivity contribution in [2.45, 2.75) is 27.9 Å². The number of carbonyl (C=O) groups excluding carboxylic acids is 3. The van der Waals surface area contributed by atoms with Crippen LogP contribution in [-0.2, 0) is 36.1 Å². The number of carbonyl (C=O) groups is 3. The van der Waals surface area contributed by atoms with E-state index in [2.05, 4.69) is 62.2 Å². The molecule has 2 saturated heterocycles. The molecule has 0 bridgehead atoms. The number of ether oxygens (including phenoxy) is 2. The van der Waals surface area contributed by atoms with Gasteiger partial charge in [0.1, 0.15) is 47.5 Å². The van der Waals surface area contributed by atoms with Crippen molar-refractivity contribution in [3.8, 4) is 5.75 Å². The Balaban J connectivity index is 0.923. The van der Waals surface area contributed by atoms with Crippen LogP contribution in [0.25, 0.3) is 10.3 Å². The number of thiazole rings is 2. The zero-order valence-electron chi connectivity index (χ0n) is 34.6. The average Bonchev–Trinajstić information content (AvgIpc) is 4.00. The number of esters is 1. The van der Waals surface area contributed by atoms with Crippen LogP contribution in [-0.4, -0.2) is 87.0 Å². The largest absolute Gasteiger partial charge is 0.497 e. The third-order valence-corrected chi connectivity index (χ3v) is 15.9. The van der Waals surface area contributed by atoms with Crippen molar-refractivity contribution in [1.29, 1.82) is 0 Å². The predicted molar refractivity (Wildman–Crippen MR) is 252 cm³/mol. The van der Waals surface area contributed by atoms with Crippen LogP contribution in [0.3, 0.4) is 0 Å². The number of methoxy groups -OCH3 is 1. The SMILES string of the molecule is CON=C(C(=O)NC1C(=O)N2CC(CSc3nc4ncccc4s3)(C(=O)OCc3ccc(OC)cc3)CS[C@H]12)c1csc(NC(c2ccccc2)(c2ccccc2)c2ccccc2)n1. The predicted octanol–water partition coefficient (Wildman–Crippen LogP) is 7.83. The lowest BCUT2D eigenvalue weighted by atomic mass is 9.77. The molecule has 2 aliphatic rings. The number of fused-ring (bicyclic) bond motifs is 2. The number of benzene rings is 4. The number of hydrogen-bond donors (Lipinski definition) is 2. The molecule has 2 aliphatic heterocycles. The number of nitrogens with one attached hydrogen (secondary N) is 2. The van der Waals surface area contributed by atoms with Crippen LogP contribution < -0.4 is 15.4 Å². The van der Waals surface area contributed by atoms with Crippen molar-refractivity contribution in [3.05, 3.63) is 167 Å². The highest BCUT2D eigenvalue weighted by molar-refractivity contribution is 8.01. The summed E-state index contributed by atoms with van der Waals surface area (Å²) in [4.78, 5) is 62.9. The van der Waals surface area contributed by atoms with Gasteiger partial charge in [-0.2, -0.15) is 0 Å². The fourth-order valence-electron chi connectivity index (χ4n) is 7.82. The van der Waals surface area contributed by atoms with Gasteiger partial charge in [-0.15, -0.1) is 34.4 Å². The van der Waals surface area contributed by atoms with E-state index in [1.807, 2.05) is 91.0 Å². The van der Waals surface area contributed by atoms with E-state index in [1.54, 1.807) is 23.6 Å². The molecule has 0 spiro atoms. The molecule has 2 amide bonds. The molecule has 3 atom stereocenters. The quantitative estimate of drug-likeness (QED) is 0.0242. The van der Waals surface area contributed by atoms with Crippen LogP contribution in [0.2, 0.25) is 0 Å². The molecular weight excluding hydrogens is 887 g/mol. The molecule has 0 radical (unpaired) electrons. The number of pyridine rings is 1. The Hall–Kier alpha value is -6.27. The molecule has 9 rings (SSSR count). The van der Waals surface area contributed by atoms with E-state index in [0.29, 0.717) is 28.0 Å². The van der Waals surface area contributed by atoms with Crippen molar-refractivity contribution >= 4 is 85.2 Å². The summed E-state index contributed by atoms with van der Waals surface area (Å²) in [5.74, 6) is 0.00963. The summed E-state index contributed by atoms with van der Waals surface area (Å²) in [7, 11) is 2.95. The molecule has 2 N–H and O–H groups in total. The van der Waals surface area contributed by atoms with Gasteiger partial charge >= 0.3 is 5.97 Å². The smallest absolute Gasteiger partial charge is 0.315 e. The minimum absolute atomic E-state index is 0.0578. The zero-order valence-corrected chi connectivity index (χ0v) is 37.8.